The average molecular weight is 304 g/mol. The van der Waals surface area contributed by atoms with Gasteiger partial charge in [0, 0.05) is 10.6 Å². The largest absolute Gasteiger partial charge is 0.378 e. The van der Waals surface area contributed by atoms with E-state index in [2.05, 4.69) is 18.3 Å². The number of hydrogen-bond acceptors (Lipinski definition) is 2. The van der Waals surface area contributed by atoms with E-state index >= 15 is 0 Å². The van der Waals surface area contributed by atoms with Gasteiger partial charge >= 0.3 is 0 Å². The number of hydrogen-bond donors (Lipinski definition) is 1. The lowest BCUT2D eigenvalue weighted by Gasteiger charge is -2.15. The van der Waals surface area contributed by atoms with Gasteiger partial charge in [0.2, 0.25) is 0 Å². The maximum atomic E-state index is 13.3. The Morgan fingerprint density at radius 1 is 1.28 bits per heavy atom. The fraction of sp³-hybridized carbons (Fsp3) is 0.231. The molecule has 0 saturated heterocycles. The molecule has 1 atom stereocenters. The molecule has 0 aliphatic heterocycles. The first-order valence-electron chi connectivity index (χ1n) is 5.44. The first-order valence-corrected chi connectivity index (χ1v) is 7.07. The van der Waals surface area contributed by atoms with E-state index in [0.29, 0.717) is 5.69 Å². The lowest BCUT2D eigenvalue weighted by molar-refractivity contribution is 0.628. The van der Waals surface area contributed by atoms with Crippen LogP contribution in [0.25, 0.3) is 0 Å². The molecular weight excluding hydrogens is 292 g/mol. The minimum atomic E-state index is -0.580. The molecule has 1 aromatic heterocycles. The van der Waals surface area contributed by atoms with Gasteiger partial charge in [-0.1, -0.05) is 23.2 Å². The number of benzene rings is 1. The van der Waals surface area contributed by atoms with Gasteiger partial charge in [0.05, 0.1) is 16.1 Å². The van der Waals surface area contributed by atoms with Gasteiger partial charge in [-0.05, 0) is 43.0 Å². The highest BCUT2D eigenvalue weighted by molar-refractivity contribution is 7.10. The van der Waals surface area contributed by atoms with Crippen LogP contribution in [0.15, 0.2) is 23.6 Å². The van der Waals surface area contributed by atoms with Crippen molar-refractivity contribution in [3.8, 4) is 0 Å². The zero-order chi connectivity index (χ0) is 13.3. The minimum absolute atomic E-state index is 0.0279. The highest BCUT2D eigenvalue weighted by Gasteiger charge is 2.12. The van der Waals surface area contributed by atoms with Gasteiger partial charge in [-0.2, -0.15) is 0 Å². The number of aryl methyl sites for hydroxylation is 1. The molecule has 0 fully saturated rings. The number of rotatable bonds is 3. The van der Waals surface area contributed by atoms with Crippen LogP contribution in [0.5, 0.6) is 0 Å². The van der Waals surface area contributed by atoms with E-state index in [4.69, 9.17) is 23.2 Å². The molecule has 0 amide bonds. The van der Waals surface area contributed by atoms with Crippen LogP contribution in [0.1, 0.15) is 23.4 Å². The maximum absolute atomic E-state index is 13.3. The van der Waals surface area contributed by atoms with Crippen LogP contribution in [-0.4, -0.2) is 0 Å². The van der Waals surface area contributed by atoms with Gasteiger partial charge in [0.1, 0.15) is 0 Å². The fourth-order valence-electron chi connectivity index (χ4n) is 1.78. The van der Waals surface area contributed by atoms with Crippen molar-refractivity contribution in [2.45, 2.75) is 19.9 Å². The Balaban J connectivity index is 2.22. The van der Waals surface area contributed by atoms with Crippen molar-refractivity contribution < 1.29 is 4.39 Å². The predicted octanol–water partition coefficient (Wildman–Crippen LogP) is 5.68. The molecule has 1 unspecified atom stereocenters. The second kappa shape index (κ2) is 5.47. The Morgan fingerprint density at radius 2 is 1.89 bits per heavy atom. The normalized spacial score (nSPS) is 12.5. The van der Waals surface area contributed by atoms with Crippen molar-refractivity contribution in [2.75, 3.05) is 5.32 Å². The van der Waals surface area contributed by atoms with E-state index in [1.165, 1.54) is 10.4 Å². The van der Waals surface area contributed by atoms with Gasteiger partial charge in [0.25, 0.3) is 0 Å². The molecule has 0 spiro atoms. The van der Waals surface area contributed by atoms with Crippen molar-refractivity contribution in [3.63, 3.8) is 0 Å². The van der Waals surface area contributed by atoms with Gasteiger partial charge in [-0.3, -0.25) is 0 Å². The molecule has 0 radical (unpaired) electrons. The van der Waals surface area contributed by atoms with E-state index in [9.17, 15) is 4.39 Å². The van der Waals surface area contributed by atoms with Crippen LogP contribution in [0, 0.1) is 12.7 Å². The third-order valence-electron chi connectivity index (χ3n) is 2.66. The van der Waals surface area contributed by atoms with Gasteiger partial charge in [0.15, 0.2) is 5.82 Å². The summed E-state index contributed by atoms with van der Waals surface area (Å²) in [6.07, 6.45) is 0. The molecule has 5 heteroatoms. The Bertz CT molecular complexity index is 545. The topological polar surface area (TPSA) is 12.0 Å². The Kier molecular flexibility index (Phi) is 4.15. The van der Waals surface area contributed by atoms with Gasteiger partial charge in [-0.15, -0.1) is 11.3 Å². The quantitative estimate of drug-likeness (QED) is 0.720. The molecule has 1 aromatic carbocycles. The van der Waals surface area contributed by atoms with Gasteiger partial charge < -0.3 is 5.32 Å². The van der Waals surface area contributed by atoms with E-state index in [1.54, 1.807) is 23.5 Å². The first kappa shape index (κ1) is 13.7. The standard InChI is InChI=1S/C13H12Cl2FNS/c1-7-3-4-18-13(7)8(2)17-9-5-10(14)12(16)11(15)6-9/h3-6,8,17H,1-2H3. The van der Waals surface area contributed by atoms with Crippen LogP contribution in [-0.2, 0) is 0 Å². The molecule has 1 nitrogen and oxygen atoms in total. The third-order valence-corrected chi connectivity index (χ3v) is 4.41. The van der Waals surface area contributed by atoms with Crippen molar-refractivity contribution in [1.82, 2.24) is 0 Å². The summed E-state index contributed by atoms with van der Waals surface area (Å²) in [5.41, 5.74) is 1.95. The molecule has 0 aliphatic carbocycles. The summed E-state index contributed by atoms with van der Waals surface area (Å²) in [6.45, 7) is 4.11. The molecule has 0 bridgehead atoms. The number of halogens is 3. The SMILES string of the molecule is Cc1ccsc1C(C)Nc1cc(Cl)c(F)c(Cl)c1. The molecule has 2 rings (SSSR count). The van der Waals surface area contributed by atoms with Gasteiger partial charge in [-0.25, -0.2) is 4.39 Å². The fourth-order valence-corrected chi connectivity index (χ4v) is 3.21. The van der Waals surface area contributed by atoms with Crippen LogP contribution in [0.3, 0.4) is 0 Å². The van der Waals surface area contributed by atoms with Crippen molar-refractivity contribution in [1.29, 1.82) is 0 Å². The molecular formula is C13H12Cl2FNS. The molecule has 2 aromatic rings. The van der Waals surface area contributed by atoms with Crippen LogP contribution in [0.2, 0.25) is 10.0 Å². The van der Waals surface area contributed by atoms with Crippen LogP contribution < -0.4 is 5.32 Å². The third kappa shape index (κ3) is 2.79. The zero-order valence-corrected chi connectivity index (χ0v) is 12.3. The second-order valence-corrected chi connectivity index (χ2v) is 5.85. The monoisotopic (exact) mass is 303 g/mol. The summed E-state index contributed by atoms with van der Waals surface area (Å²) in [7, 11) is 0. The molecule has 0 saturated carbocycles. The Labute approximate surface area is 120 Å². The lowest BCUT2D eigenvalue weighted by atomic mass is 10.2. The summed E-state index contributed by atoms with van der Waals surface area (Å²) in [4.78, 5) is 1.24. The summed E-state index contributed by atoms with van der Waals surface area (Å²) in [6, 6.07) is 5.29. The van der Waals surface area contributed by atoms with E-state index in [0.717, 1.165) is 0 Å². The molecule has 96 valence electrons. The number of thiophene rings is 1. The maximum Gasteiger partial charge on any atom is 0.160 e. The number of nitrogens with one attached hydrogen (secondary N) is 1. The summed E-state index contributed by atoms with van der Waals surface area (Å²) < 4.78 is 13.3. The summed E-state index contributed by atoms with van der Waals surface area (Å²) in [5.74, 6) is -0.580. The molecule has 1 heterocycles. The molecule has 0 aliphatic rings. The lowest BCUT2D eigenvalue weighted by Crippen LogP contribution is -2.06. The molecule has 18 heavy (non-hydrogen) atoms. The minimum Gasteiger partial charge on any atom is -0.378 e. The highest BCUT2D eigenvalue weighted by atomic mass is 35.5. The Morgan fingerprint density at radius 3 is 2.39 bits per heavy atom. The van der Waals surface area contributed by atoms with Crippen LogP contribution >= 0.6 is 34.5 Å². The zero-order valence-electron chi connectivity index (χ0n) is 9.93. The van der Waals surface area contributed by atoms with Crippen molar-refractivity contribution in [2.24, 2.45) is 0 Å². The van der Waals surface area contributed by atoms with E-state index in [-0.39, 0.29) is 16.1 Å². The summed E-state index contributed by atoms with van der Waals surface area (Å²) in [5, 5.41) is 5.37. The summed E-state index contributed by atoms with van der Waals surface area (Å²) >= 11 is 13.2. The van der Waals surface area contributed by atoms with Crippen molar-refractivity contribution in [3.05, 3.63) is 49.9 Å². The second-order valence-electron chi connectivity index (χ2n) is 4.09. The van der Waals surface area contributed by atoms with E-state index < -0.39 is 5.82 Å². The first-order chi connectivity index (χ1) is 8.49. The number of anilines is 1. The highest BCUT2D eigenvalue weighted by Crippen LogP contribution is 2.31. The van der Waals surface area contributed by atoms with Crippen LogP contribution in [0.4, 0.5) is 10.1 Å². The predicted molar refractivity (Wildman–Crippen MR) is 77.5 cm³/mol. The smallest absolute Gasteiger partial charge is 0.160 e. The Hall–Kier alpha value is -0.770. The van der Waals surface area contributed by atoms with Crippen molar-refractivity contribution >= 4 is 40.2 Å². The molecule has 1 N–H and O–H groups in total. The van der Waals surface area contributed by atoms with E-state index in [1.807, 2.05) is 12.3 Å². The average Bonchev–Trinajstić information content (AvgIpc) is 2.72.